The molecule has 1 amide bonds. The Morgan fingerprint density at radius 3 is 2.74 bits per heavy atom. The van der Waals surface area contributed by atoms with E-state index < -0.39 is 0 Å². The first kappa shape index (κ1) is 19.3. The number of amides is 1. The van der Waals surface area contributed by atoms with Crippen molar-refractivity contribution < 1.29 is 9.32 Å². The number of nitrogens with zero attached hydrogens (tertiary/aromatic N) is 2. The maximum Gasteiger partial charge on any atom is 0.259 e. The van der Waals surface area contributed by atoms with Crippen molar-refractivity contribution >= 4 is 29.4 Å². The van der Waals surface area contributed by atoms with Crippen molar-refractivity contribution in [1.82, 2.24) is 20.8 Å². The summed E-state index contributed by atoms with van der Waals surface area (Å²) >= 11 is 0. The molecule has 2 N–H and O–H groups in total. The fourth-order valence-corrected chi connectivity index (χ4v) is 3.38. The van der Waals surface area contributed by atoms with Gasteiger partial charge in [0, 0.05) is 18.2 Å². The van der Waals surface area contributed by atoms with Crippen LogP contribution < -0.4 is 10.6 Å². The van der Waals surface area contributed by atoms with Crippen molar-refractivity contribution in [2.24, 2.45) is 0 Å². The predicted octanol–water partition coefficient (Wildman–Crippen LogP) is 3.41. The molecule has 2 aromatic heterocycles. The van der Waals surface area contributed by atoms with Gasteiger partial charge in [0.1, 0.15) is 0 Å². The molecule has 1 unspecified atom stereocenters. The zero-order valence-electron chi connectivity index (χ0n) is 15.4. The summed E-state index contributed by atoms with van der Waals surface area (Å²) < 4.78 is 5.36. The highest BCUT2D eigenvalue weighted by Crippen LogP contribution is 2.27. The summed E-state index contributed by atoms with van der Waals surface area (Å²) in [4.78, 5) is 17.5. The van der Waals surface area contributed by atoms with E-state index in [0.29, 0.717) is 28.1 Å². The molecule has 27 heavy (non-hydrogen) atoms. The third kappa shape index (κ3) is 3.96. The molecule has 4 rings (SSSR count). The number of hydrogen-bond donors (Lipinski definition) is 2. The smallest absolute Gasteiger partial charge is 0.259 e. The summed E-state index contributed by atoms with van der Waals surface area (Å²) in [7, 11) is 0. The monoisotopic (exact) mass is 386 g/mol. The Morgan fingerprint density at radius 1 is 1.26 bits per heavy atom. The van der Waals surface area contributed by atoms with Crippen LogP contribution in [-0.4, -0.2) is 35.2 Å². The van der Waals surface area contributed by atoms with E-state index in [1.54, 1.807) is 0 Å². The SMILES string of the molecule is Cc1ccc(-c2cc(C(=O)NC3CCCNC3)c3c(C)noc3n2)cc1.Cl. The van der Waals surface area contributed by atoms with Gasteiger partial charge in [-0.1, -0.05) is 35.0 Å². The third-order valence-corrected chi connectivity index (χ3v) is 4.84. The Labute approximate surface area is 164 Å². The number of carbonyl (C=O) groups excluding carboxylic acids is 1. The van der Waals surface area contributed by atoms with E-state index in [4.69, 9.17) is 4.52 Å². The zero-order chi connectivity index (χ0) is 18.1. The normalized spacial score (nSPS) is 16.7. The van der Waals surface area contributed by atoms with Crippen LogP contribution in [0.4, 0.5) is 0 Å². The molecule has 1 fully saturated rings. The maximum atomic E-state index is 13.0. The Hall–Kier alpha value is -2.44. The maximum absolute atomic E-state index is 13.0. The molecule has 0 aliphatic carbocycles. The number of halogens is 1. The number of hydrogen-bond acceptors (Lipinski definition) is 5. The van der Waals surface area contributed by atoms with Crippen LogP contribution >= 0.6 is 12.4 Å². The fourth-order valence-electron chi connectivity index (χ4n) is 3.38. The second-order valence-corrected chi connectivity index (χ2v) is 6.89. The second kappa shape index (κ2) is 8.06. The lowest BCUT2D eigenvalue weighted by Crippen LogP contribution is -2.45. The van der Waals surface area contributed by atoms with Gasteiger partial charge in [-0.25, -0.2) is 4.98 Å². The van der Waals surface area contributed by atoms with Gasteiger partial charge in [-0.15, -0.1) is 12.4 Å². The lowest BCUT2D eigenvalue weighted by atomic mass is 10.0. The molecule has 7 heteroatoms. The number of rotatable bonds is 3. The van der Waals surface area contributed by atoms with Gasteiger partial charge in [0.25, 0.3) is 11.6 Å². The molecule has 1 aliphatic rings. The second-order valence-electron chi connectivity index (χ2n) is 6.89. The van der Waals surface area contributed by atoms with Crippen LogP contribution in [0.25, 0.3) is 22.4 Å². The van der Waals surface area contributed by atoms with Gasteiger partial charge in [0.15, 0.2) is 0 Å². The molecule has 1 aliphatic heterocycles. The number of aromatic nitrogens is 2. The molecule has 142 valence electrons. The van der Waals surface area contributed by atoms with Crippen LogP contribution in [-0.2, 0) is 0 Å². The van der Waals surface area contributed by atoms with Gasteiger partial charge in [-0.2, -0.15) is 0 Å². The van der Waals surface area contributed by atoms with Gasteiger partial charge in [0.05, 0.1) is 22.3 Å². The lowest BCUT2D eigenvalue weighted by molar-refractivity contribution is 0.0932. The van der Waals surface area contributed by atoms with Gasteiger partial charge in [0.2, 0.25) is 0 Å². The van der Waals surface area contributed by atoms with Crippen molar-refractivity contribution in [3.63, 3.8) is 0 Å². The van der Waals surface area contributed by atoms with Crippen LogP contribution in [0.15, 0.2) is 34.9 Å². The third-order valence-electron chi connectivity index (χ3n) is 4.84. The summed E-state index contributed by atoms with van der Waals surface area (Å²) in [5, 5.41) is 11.1. The standard InChI is InChI=1S/C20H22N4O2.ClH/c1-12-5-7-14(8-6-12)17-10-16(18-13(2)24-26-20(18)23-17)19(25)22-15-4-3-9-21-11-15;/h5-8,10,15,21H,3-4,9,11H2,1-2H3,(H,22,25);1H. The largest absolute Gasteiger partial charge is 0.348 e. The van der Waals surface area contributed by atoms with Crippen LogP contribution in [0, 0.1) is 13.8 Å². The first-order valence-electron chi connectivity index (χ1n) is 8.97. The lowest BCUT2D eigenvalue weighted by Gasteiger charge is -2.24. The average Bonchev–Trinajstić information content (AvgIpc) is 3.03. The van der Waals surface area contributed by atoms with Gasteiger partial charge < -0.3 is 15.2 Å². The van der Waals surface area contributed by atoms with Crippen LogP contribution in [0.1, 0.15) is 34.5 Å². The Morgan fingerprint density at radius 2 is 2.04 bits per heavy atom. The topological polar surface area (TPSA) is 80.0 Å². The predicted molar refractivity (Wildman–Crippen MR) is 107 cm³/mol. The van der Waals surface area contributed by atoms with Crippen LogP contribution in [0.3, 0.4) is 0 Å². The Kier molecular flexibility index (Phi) is 5.77. The molecule has 0 spiro atoms. The fraction of sp³-hybridized carbons (Fsp3) is 0.350. The molecule has 0 saturated carbocycles. The van der Waals surface area contributed by atoms with Gasteiger partial charge >= 0.3 is 0 Å². The molecule has 0 radical (unpaired) electrons. The van der Waals surface area contributed by atoms with E-state index in [-0.39, 0.29) is 24.4 Å². The number of aryl methyl sites for hydroxylation is 2. The number of carbonyl (C=O) groups is 1. The number of nitrogens with one attached hydrogen (secondary N) is 2. The summed E-state index contributed by atoms with van der Waals surface area (Å²) in [5.41, 5.74) is 4.46. The zero-order valence-corrected chi connectivity index (χ0v) is 16.2. The van der Waals surface area contributed by atoms with E-state index >= 15 is 0 Å². The van der Waals surface area contributed by atoms with Gasteiger partial charge in [-0.05, 0) is 39.3 Å². The Bertz CT molecular complexity index is 947. The summed E-state index contributed by atoms with van der Waals surface area (Å²) in [6, 6.07) is 10.0. The molecule has 6 nitrogen and oxygen atoms in total. The highest BCUT2D eigenvalue weighted by Gasteiger charge is 2.22. The van der Waals surface area contributed by atoms with Crippen LogP contribution in [0.2, 0.25) is 0 Å². The minimum Gasteiger partial charge on any atom is -0.348 e. The molecule has 0 bridgehead atoms. The molecular formula is C20H23ClN4O2. The highest BCUT2D eigenvalue weighted by molar-refractivity contribution is 6.07. The minimum atomic E-state index is -0.106. The molecule has 1 saturated heterocycles. The van der Waals surface area contributed by atoms with Crippen molar-refractivity contribution in [1.29, 1.82) is 0 Å². The van der Waals surface area contributed by atoms with E-state index in [2.05, 4.69) is 20.8 Å². The number of fused-ring (bicyclic) bond motifs is 1. The van der Waals surface area contributed by atoms with E-state index in [1.807, 2.05) is 44.2 Å². The molecule has 3 heterocycles. The van der Waals surface area contributed by atoms with Crippen LogP contribution in [0.5, 0.6) is 0 Å². The molecule has 1 aromatic carbocycles. The Balaban J connectivity index is 0.00000210. The molecule has 1 atom stereocenters. The highest BCUT2D eigenvalue weighted by atomic mass is 35.5. The number of piperidine rings is 1. The minimum absolute atomic E-state index is 0. The quantitative estimate of drug-likeness (QED) is 0.721. The van der Waals surface area contributed by atoms with E-state index in [1.165, 1.54) is 5.56 Å². The van der Waals surface area contributed by atoms with Gasteiger partial charge in [-0.3, -0.25) is 4.79 Å². The van der Waals surface area contributed by atoms with Crippen molar-refractivity contribution in [3.05, 3.63) is 47.2 Å². The number of benzene rings is 1. The van der Waals surface area contributed by atoms with E-state index in [9.17, 15) is 4.79 Å². The van der Waals surface area contributed by atoms with E-state index in [0.717, 1.165) is 31.5 Å². The summed E-state index contributed by atoms with van der Waals surface area (Å²) in [5.74, 6) is -0.106. The molecule has 3 aromatic rings. The van der Waals surface area contributed by atoms with Crippen molar-refractivity contribution in [3.8, 4) is 11.3 Å². The summed E-state index contributed by atoms with van der Waals surface area (Å²) in [6.07, 6.45) is 2.05. The van der Waals surface area contributed by atoms with Crippen molar-refractivity contribution in [2.75, 3.05) is 13.1 Å². The average molecular weight is 387 g/mol. The van der Waals surface area contributed by atoms with Crippen molar-refractivity contribution in [2.45, 2.75) is 32.7 Å². The first-order valence-corrected chi connectivity index (χ1v) is 8.97. The number of pyridine rings is 1. The summed E-state index contributed by atoms with van der Waals surface area (Å²) in [6.45, 7) is 5.68. The molecular weight excluding hydrogens is 364 g/mol. The first-order chi connectivity index (χ1) is 12.6.